The average Bonchev–Trinajstić information content (AvgIpc) is 2.21. The van der Waals surface area contributed by atoms with Crippen molar-refractivity contribution in [1.82, 2.24) is 0 Å². The van der Waals surface area contributed by atoms with Crippen molar-refractivity contribution in [2.45, 2.75) is 36.3 Å². The van der Waals surface area contributed by atoms with Crippen LogP contribution in [0.15, 0.2) is 29.2 Å². The molecule has 0 aliphatic carbocycles. The number of hydrogen-bond acceptors (Lipinski definition) is 2. The minimum absolute atomic E-state index is 0.0629. The third-order valence-electron chi connectivity index (χ3n) is 2.13. The first-order chi connectivity index (χ1) is 7.61. The fraction of sp³-hybridized carbons (Fsp3) is 0.417. The Morgan fingerprint density at radius 1 is 1.44 bits per heavy atom. The molecule has 88 valence electrons. The summed E-state index contributed by atoms with van der Waals surface area (Å²) in [6.45, 7) is 2.03. The van der Waals surface area contributed by atoms with Crippen molar-refractivity contribution in [2.24, 2.45) is 0 Å². The molecule has 4 heteroatoms. The summed E-state index contributed by atoms with van der Waals surface area (Å²) in [5.74, 6) is -1.05. The predicted molar refractivity (Wildman–Crippen MR) is 63.2 cm³/mol. The van der Waals surface area contributed by atoms with Gasteiger partial charge in [-0.1, -0.05) is 13.3 Å². The first kappa shape index (κ1) is 13.0. The van der Waals surface area contributed by atoms with Crippen LogP contribution in [0, 0.1) is 5.82 Å². The molecule has 0 saturated heterocycles. The van der Waals surface area contributed by atoms with Crippen molar-refractivity contribution in [2.75, 3.05) is 0 Å². The number of rotatable bonds is 6. The predicted octanol–water partition coefficient (Wildman–Crippen LogP) is 3.56. The smallest absolute Gasteiger partial charge is 0.304 e. The Hall–Kier alpha value is -1.03. The summed E-state index contributed by atoms with van der Waals surface area (Å²) < 4.78 is 12.7. The van der Waals surface area contributed by atoms with Crippen LogP contribution in [0.2, 0.25) is 0 Å². The highest BCUT2D eigenvalue weighted by atomic mass is 32.2. The zero-order valence-corrected chi connectivity index (χ0v) is 9.97. The number of carboxylic acids is 1. The maximum atomic E-state index is 12.7. The number of halogens is 1. The Labute approximate surface area is 98.9 Å². The molecule has 0 bridgehead atoms. The summed E-state index contributed by atoms with van der Waals surface area (Å²) in [6, 6.07) is 6.16. The zero-order chi connectivity index (χ0) is 12.0. The second kappa shape index (κ2) is 6.53. The fourth-order valence-electron chi connectivity index (χ4n) is 1.43. The van der Waals surface area contributed by atoms with Crippen LogP contribution in [0.4, 0.5) is 4.39 Å². The first-order valence-corrected chi connectivity index (χ1v) is 6.13. The minimum Gasteiger partial charge on any atom is -0.481 e. The molecule has 0 saturated carbocycles. The Morgan fingerprint density at radius 2 is 2.06 bits per heavy atom. The molecule has 2 nitrogen and oxygen atoms in total. The van der Waals surface area contributed by atoms with Gasteiger partial charge in [0.1, 0.15) is 5.82 Å². The number of benzene rings is 1. The maximum Gasteiger partial charge on any atom is 0.304 e. The van der Waals surface area contributed by atoms with Gasteiger partial charge >= 0.3 is 5.97 Å². The van der Waals surface area contributed by atoms with E-state index in [0.717, 1.165) is 17.7 Å². The molecule has 0 amide bonds. The van der Waals surface area contributed by atoms with Gasteiger partial charge in [0.25, 0.3) is 0 Å². The molecule has 0 aliphatic heterocycles. The molecule has 1 aromatic carbocycles. The van der Waals surface area contributed by atoms with E-state index in [0.29, 0.717) is 0 Å². The van der Waals surface area contributed by atoms with Crippen molar-refractivity contribution in [1.29, 1.82) is 0 Å². The number of hydrogen-bond donors (Lipinski definition) is 1. The second-order valence-corrected chi connectivity index (χ2v) is 4.95. The first-order valence-electron chi connectivity index (χ1n) is 5.26. The quantitative estimate of drug-likeness (QED) is 0.775. The van der Waals surface area contributed by atoms with Crippen LogP contribution < -0.4 is 0 Å². The molecule has 0 fully saturated rings. The monoisotopic (exact) mass is 242 g/mol. The van der Waals surface area contributed by atoms with Gasteiger partial charge in [0.2, 0.25) is 0 Å². The van der Waals surface area contributed by atoms with E-state index in [9.17, 15) is 9.18 Å². The van der Waals surface area contributed by atoms with Gasteiger partial charge in [-0.3, -0.25) is 4.79 Å². The van der Waals surface area contributed by atoms with E-state index in [2.05, 4.69) is 0 Å². The van der Waals surface area contributed by atoms with Crippen LogP contribution in [0.25, 0.3) is 0 Å². The Kier molecular flexibility index (Phi) is 5.32. The largest absolute Gasteiger partial charge is 0.481 e. The van der Waals surface area contributed by atoms with E-state index >= 15 is 0 Å². The van der Waals surface area contributed by atoms with Crippen molar-refractivity contribution < 1.29 is 14.3 Å². The third-order valence-corrected chi connectivity index (χ3v) is 3.41. The van der Waals surface area contributed by atoms with Crippen LogP contribution in [-0.4, -0.2) is 16.3 Å². The molecule has 0 radical (unpaired) electrons. The highest BCUT2D eigenvalue weighted by Gasteiger charge is 2.13. The Balaban J connectivity index is 2.59. The van der Waals surface area contributed by atoms with Crippen LogP contribution in [0.5, 0.6) is 0 Å². The van der Waals surface area contributed by atoms with Crippen molar-refractivity contribution in [3.05, 3.63) is 30.1 Å². The number of carbonyl (C=O) groups is 1. The standard InChI is InChI=1S/C12H15FO2S/c1-2-3-11(8-12(14)15)16-10-6-4-9(13)5-7-10/h4-7,11H,2-3,8H2,1H3,(H,14,15). The van der Waals surface area contributed by atoms with Crippen molar-refractivity contribution in [3.8, 4) is 0 Å². The highest BCUT2D eigenvalue weighted by molar-refractivity contribution is 8.00. The van der Waals surface area contributed by atoms with Crippen molar-refractivity contribution >= 4 is 17.7 Å². The molecule has 0 aliphatic rings. The number of carboxylic acid groups (broad SMARTS) is 1. The van der Waals surface area contributed by atoms with E-state index in [-0.39, 0.29) is 17.5 Å². The normalized spacial score (nSPS) is 12.4. The molecule has 0 heterocycles. The summed E-state index contributed by atoms with van der Waals surface area (Å²) in [5.41, 5.74) is 0. The highest BCUT2D eigenvalue weighted by Crippen LogP contribution is 2.28. The number of aliphatic carboxylic acids is 1. The van der Waals surface area contributed by atoms with E-state index in [1.807, 2.05) is 6.92 Å². The molecule has 1 rings (SSSR count). The molecule has 1 N–H and O–H groups in total. The lowest BCUT2D eigenvalue weighted by Gasteiger charge is -2.13. The summed E-state index contributed by atoms with van der Waals surface area (Å²) >= 11 is 1.50. The van der Waals surface area contributed by atoms with Crippen molar-refractivity contribution in [3.63, 3.8) is 0 Å². The summed E-state index contributed by atoms with van der Waals surface area (Å²) in [7, 11) is 0. The fourth-order valence-corrected chi connectivity index (χ4v) is 2.68. The van der Waals surface area contributed by atoms with Gasteiger partial charge in [-0.05, 0) is 30.7 Å². The van der Waals surface area contributed by atoms with Gasteiger partial charge in [-0.2, -0.15) is 0 Å². The lowest BCUT2D eigenvalue weighted by atomic mass is 10.2. The van der Waals surface area contributed by atoms with Crippen LogP contribution in [0.3, 0.4) is 0 Å². The van der Waals surface area contributed by atoms with Gasteiger partial charge < -0.3 is 5.11 Å². The maximum absolute atomic E-state index is 12.7. The summed E-state index contributed by atoms with van der Waals surface area (Å²) in [6.07, 6.45) is 1.95. The average molecular weight is 242 g/mol. The molecule has 1 aromatic rings. The van der Waals surface area contributed by atoms with Crippen LogP contribution in [-0.2, 0) is 4.79 Å². The van der Waals surface area contributed by atoms with Gasteiger partial charge in [0, 0.05) is 10.1 Å². The van der Waals surface area contributed by atoms with Gasteiger partial charge in [0.05, 0.1) is 6.42 Å². The van der Waals surface area contributed by atoms with Crippen LogP contribution in [0.1, 0.15) is 26.2 Å². The van der Waals surface area contributed by atoms with Gasteiger partial charge in [-0.25, -0.2) is 4.39 Å². The lowest BCUT2D eigenvalue weighted by molar-refractivity contribution is -0.137. The summed E-state index contributed by atoms with van der Waals surface area (Å²) in [5, 5.41) is 8.82. The SMILES string of the molecule is CCCC(CC(=O)O)Sc1ccc(F)cc1. The third kappa shape index (κ3) is 4.66. The topological polar surface area (TPSA) is 37.3 Å². The molecule has 1 atom stereocenters. The lowest BCUT2D eigenvalue weighted by Crippen LogP contribution is -2.09. The van der Waals surface area contributed by atoms with E-state index in [4.69, 9.17) is 5.11 Å². The molecule has 16 heavy (non-hydrogen) atoms. The molecular formula is C12H15FO2S. The summed E-state index contributed by atoms with van der Waals surface area (Å²) in [4.78, 5) is 11.6. The zero-order valence-electron chi connectivity index (χ0n) is 9.15. The van der Waals surface area contributed by atoms with Gasteiger partial charge in [-0.15, -0.1) is 11.8 Å². The Bertz CT molecular complexity index is 337. The molecular weight excluding hydrogens is 227 g/mol. The molecule has 0 aromatic heterocycles. The second-order valence-electron chi connectivity index (χ2n) is 3.58. The van der Waals surface area contributed by atoms with E-state index in [1.165, 1.54) is 23.9 Å². The van der Waals surface area contributed by atoms with Gasteiger partial charge in [0.15, 0.2) is 0 Å². The van der Waals surface area contributed by atoms with Crippen LogP contribution >= 0.6 is 11.8 Å². The number of thioether (sulfide) groups is 1. The molecule has 1 unspecified atom stereocenters. The molecule has 0 spiro atoms. The van der Waals surface area contributed by atoms with E-state index in [1.54, 1.807) is 12.1 Å². The Morgan fingerprint density at radius 3 is 2.56 bits per heavy atom. The minimum atomic E-state index is -0.784. The van der Waals surface area contributed by atoms with E-state index < -0.39 is 5.97 Å².